The van der Waals surface area contributed by atoms with Crippen molar-refractivity contribution >= 4 is 72.8 Å². The second kappa shape index (κ2) is 13.0. The summed E-state index contributed by atoms with van der Waals surface area (Å²) in [6, 6.07) is 80.0. The third-order valence-electron chi connectivity index (χ3n) is 12.1. The zero-order valence-electron chi connectivity index (χ0n) is 31.7. The van der Waals surface area contributed by atoms with Crippen LogP contribution in [0.25, 0.3) is 77.2 Å². The minimum absolute atomic E-state index is 0.0110. The monoisotopic (exact) mass is 737 g/mol. The summed E-state index contributed by atoms with van der Waals surface area (Å²) in [5.74, 6) is 0. The van der Waals surface area contributed by atoms with Gasteiger partial charge in [0.15, 0.2) is 0 Å². The smallest absolute Gasteiger partial charge is 0.328 e. The maximum Gasteiger partial charge on any atom is 0.328 e. The molecule has 0 N–H and O–H groups in total. The van der Waals surface area contributed by atoms with Crippen LogP contribution in [0, 0.1) is 0 Å². The molecule has 0 bridgehead atoms. The number of para-hydroxylation sites is 3. The van der Waals surface area contributed by atoms with Gasteiger partial charge in [-0.15, -0.1) is 0 Å². The minimum atomic E-state index is 0.0110. The molecule has 3 heterocycles. The average molecular weight is 738 g/mol. The fourth-order valence-electron chi connectivity index (χ4n) is 9.64. The van der Waals surface area contributed by atoms with Crippen molar-refractivity contribution in [1.29, 1.82) is 0 Å². The van der Waals surface area contributed by atoms with Crippen LogP contribution in [-0.4, -0.2) is 16.0 Å². The normalized spacial score (nSPS) is 12.4. The molecule has 0 amide bonds. The second-order valence-electron chi connectivity index (χ2n) is 15.3. The van der Waals surface area contributed by atoms with Crippen molar-refractivity contribution in [2.45, 2.75) is 0 Å². The molecule has 58 heavy (non-hydrogen) atoms. The molecule has 0 saturated carbocycles. The van der Waals surface area contributed by atoms with E-state index in [9.17, 15) is 0 Å². The maximum atomic E-state index is 2.54. The highest BCUT2D eigenvalue weighted by atomic mass is 15.1. The van der Waals surface area contributed by atoms with Crippen molar-refractivity contribution in [3.63, 3.8) is 0 Å². The van der Waals surface area contributed by atoms with Crippen LogP contribution in [0.1, 0.15) is 0 Å². The fourth-order valence-corrected chi connectivity index (χ4v) is 9.64. The Labute approximate surface area is 337 Å². The Morgan fingerprint density at radius 3 is 1.71 bits per heavy atom. The van der Waals surface area contributed by atoms with E-state index in [1.54, 1.807) is 0 Å². The molecule has 0 spiro atoms. The van der Waals surface area contributed by atoms with Gasteiger partial charge in [0.1, 0.15) is 0 Å². The van der Waals surface area contributed by atoms with Crippen LogP contribution >= 0.6 is 0 Å². The lowest BCUT2D eigenvalue weighted by molar-refractivity contribution is 1.16. The standard InChI is InChI=1S/C54H36BN3/c1-3-16-37(17-4-1)38-30-32-47-45-24-8-12-27-50(45)57(54(47)34-38)41-31-33-52-48(36-41)46-25-9-13-28-51(46)56(52)40-20-15-21-42(35-40)58-53-29-14-10-23-44(53)43-22-7-11-26-49(43)55(58)39-18-5-2-6-19-39/h1-36H. The quantitative estimate of drug-likeness (QED) is 0.160. The number of fused-ring (bicyclic) bond motifs is 9. The lowest BCUT2D eigenvalue weighted by atomic mass is 9.46. The van der Waals surface area contributed by atoms with Crippen LogP contribution in [0.4, 0.5) is 11.4 Å². The summed E-state index contributed by atoms with van der Waals surface area (Å²) < 4.78 is 4.89. The number of rotatable bonds is 5. The molecule has 12 rings (SSSR count). The molecule has 1 aliphatic rings. The molecule has 0 fully saturated rings. The number of anilines is 2. The average Bonchev–Trinajstić information content (AvgIpc) is 3.81. The van der Waals surface area contributed by atoms with E-state index in [1.165, 1.54) is 82.5 Å². The third-order valence-corrected chi connectivity index (χ3v) is 12.1. The highest BCUT2D eigenvalue weighted by Crippen LogP contribution is 2.42. The summed E-state index contributed by atoms with van der Waals surface area (Å²) in [6.07, 6.45) is 0. The molecule has 3 nitrogen and oxygen atoms in total. The van der Waals surface area contributed by atoms with Crippen molar-refractivity contribution in [2.24, 2.45) is 0 Å². The highest BCUT2D eigenvalue weighted by Gasteiger charge is 2.36. The van der Waals surface area contributed by atoms with Gasteiger partial charge >= 0.3 is 6.85 Å². The summed E-state index contributed by atoms with van der Waals surface area (Å²) in [4.78, 5) is 2.54. The number of hydrogen-bond acceptors (Lipinski definition) is 1. The molecule has 0 radical (unpaired) electrons. The van der Waals surface area contributed by atoms with E-state index in [1.807, 2.05) is 0 Å². The predicted molar refractivity (Wildman–Crippen MR) is 246 cm³/mol. The van der Waals surface area contributed by atoms with E-state index in [-0.39, 0.29) is 6.85 Å². The fraction of sp³-hybridized carbons (Fsp3) is 0. The van der Waals surface area contributed by atoms with E-state index in [2.05, 4.69) is 232 Å². The van der Waals surface area contributed by atoms with Crippen LogP contribution < -0.4 is 15.7 Å². The molecule has 4 heteroatoms. The summed E-state index contributed by atoms with van der Waals surface area (Å²) in [5.41, 5.74) is 16.9. The van der Waals surface area contributed by atoms with E-state index >= 15 is 0 Å². The lowest BCUT2D eigenvalue weighted by Gasteiger charge is -2.39. The number of benzene rings is 9. The molecule has 9 aromatic carbocycles. The highest BCUT2D eigenvalue weighted by molar-refractivity contribution is 6.90. The Kier molecular flexibility index (Phi) is 7.33. The van der Waals surface area contributed by atoms with Crippen LogP contribution in [0.5, 0.6) is 0 Å². The van der Waals surface area contributed by atoms with E-state index in [4.69, 9.17) is 0 Å². The number of hydrogen-bond donors (Lipinski definition) is 0. The molecule has 11 aromatic rings. The zero-order chi connectivity index (χ0) is 38.2. The van der Waals surface area contributed by atoms with Gasteiger partial charge in [0.05, 0.1) is 22.1 Å². The Hall–Kier alpha value is -7.56. The molecule has 0 saturated heterocycles. The summed E-state index contributed by atoms with van der Waals surface area (Å²) in [7, 11) is 0. The van der Waals surface area contributed by atoms with Crippen LogP contribution in [0.15, 0.2) is 218 Å². The van der Waals surface area contributed by atoms with E-state index in [0.717, 1.165) is 17.1 Å². The molecule has 0 unspecified atom stereocenters. The minimum Gasteiger partial charge on any atom is -0.376 e. The Balaban J connectivity index is 1.05. The van der Waals surface area contributed by atoms with Gasteiger partial charge in [-0.05, 0) is 82.8 Å². The van der Waals surface area contributed by atoms with Crippen molar-refractivity contribution in [3.8, 4) is 33.6 Å². The molecular formula is C54H36BN3. The van der Waals surface area contributed by atoms with Crippen molar-refractivity contribution in [3.05, 3.63) is 218 Å². The van der Waals surface area contributed by atoms with Gasteiger partial charge in [-0.25, -0.2) is 0 Å². The summed E-state index contributed by atoms with van der Waals surface area (Å²) in [6.45, 7) is 0.0110. The first-order valence-corrected chi connectivity index (χ1v) is 20.1. The maximum absolute atomic E-state index is 2.54. The molecule has 2 aromatic heterocycles. The number of aromatic nitrogens is 2. The summed E-state index contributed by atoms with van der Waals surface area (Å²) in [5, 5.41) is 4.97. The second-order valence-corrected chi connectivity index (χ2v) is 15.3. The van der Waals surface area contributed by atoms with Gasteiger partial charge in [-0.1, -0.05) is 163 Å². The van der Waals surface area contributed by atoms with Gasteiger partial charge in [-0.2, -0.15) is 0 Å². The van der Waals surface area contributed by atoms with Gasteiger partial charge in [-0.3, -0.25) is 0 Å². The third kappa shape index (κ3) is 4.95. The molecule has 1 aliphatic heterocycles. The first-order chi connectivity index (χ1) is 28.8. The van der Waals surface area contributed by atoms with Gasteiger partial charge in [0, 0.05) is 49.9 Å². The van der Waals surface area contributed by atoms with E-state index in [0.29, 0.717) is 0 Å². The van der Waals surface area contributed by atoms with Crippen molar-refractivity contribution in [1.82, 2.24) is 9.13 Å². The van der Waals surface area contributed by atoms with Crippen molar-refractivity contribution in [2.75, 3.05) is 4.81 Å². The van der Waals surface area contributed by atoms with Gasteiger partial charge in [0.25, 0.3) is 0 Å². The molecular weight excluding hydrogens is 701 g/mol. The molecule has 270 valence electrons. The molecule has 0 atom stereocenters. The Bertz CT molecular complexity index is 3360. The summed E-state index contributed by atoms with van der Waals surface area (Å²) >= 11 is 0. The molecule has 0 aliphatic carbocycles. The lowest BCUT2D eigenvalue weighted by Crippen LogP contribution is -2.57. The van der Waals surface area contributed by atoms with Crippen LogP contribution in [0.3, 0.4) is 0 Å². The Morgan fingerprint density at radius 1 is 0.310 bits per heavy atom. The SMILES string of the molecule is c1ccc(B2c3ccccc3-c3ccccc3N2c2cccc(-n3c4ccccc4c4cc(-n5c6ccccc6c6ccc(-c7ccccc7)cc65)ccc43)c2)cc1. The number of nitrogens with zero attached hydrogens (tertiary/aromatic N) is 3. The first-order valence-electron chi connectivity index (χ1n) is 20.1. The predicted octanol–water partition coefficient (Wildman–Crippen LogP) is 12.5. The van der Waals surface area contributed by atoms with E-state index < -0.39 is 0 Å². The van der Waals surface area contributed by atoms with Gasteiger partial charge < -0.3 is 13.9 Å². The first kappa shape index (κ1) is 32.7. The largest absolute Gasteiger partial charge is 0.376 e. The van der Waals surface area contributed by atoms with Crippen LogP contribution in [-0.2, 0) is 0 Å². The Morgan fingerprint density at radius 2 is 0.897 bits per heavy atom. The van der Waals surface area contributed by atoms with Crippen LogP contribution in [0.2, 0.25) is 0 Å². The topological polar surface area (TPSA) is 13.1 Å². The van der Waals surface area contributed by atoms with Gasteiger partial charge in [0.2, 0.25) is 0 Å². The van der Waals surface area contributed by atoms with Crippen molar-refractivity contribution < 1.29 is 0 Å². The zero-order valence-corrected chi connectivity index (χ0v) is 31.7.